The summed E-state index contributed by atoms with van der Waals surface area (Å²) >= 11 is 1.75. The average molecular weight is 399 g/mol. The molecule has 148 valence electrons. The van der Waals surface area contributed by atoms with Gasteiger partial charge in [0, 0.05) is 6.54 Å². The number of methoxy groups -OCH3 is 1. The zero-order valence-electron chi connectivity index (χ0n) is 16.2. The van der Waals surface area contributed by atoms with Crippen molar-refractivity contribution in [3.63, 3.8) is 0 Å². The Hall–Kier alpha value is -2.67. The van der Waals surface area contributed by atoms with Crippen LogP contribution in [0, 0.1) is 0 Å². The summed E-state index contributed by atoms with van der Waals surface area (Å²) in [6.07, 6.45) is 3.63. The summed E-state index contributed by atoms with van der Waals surface area (Å²) in [5.41, 5.74) is 3.04. The molecule has 1 atom stereocenters. The van der Waals surface area contributed by atoms with E-state index >= 15 is 0 Å². The number of aromatic nitrogens is 2. The van der Waals surface area contributed by atoms with Crippen LogP contribution < -0.4 is 15.4 Å². The summed E-state index contributed by atoms with van der Waals surface area (Å²) in [6.45, 7) is 0.563. The molecule has 2 aromatic carbocycles. The smallest absolute Gasteiger partial charge is 0.315 e. The monoisotopic (exact) mass is 398 g/mol. The number of amides is 2. The highest BCUT2D eigenvalue weighted by Crippen LogP contribution is 2.20. The molecule has 0 spiro atoms. The number of fused-ring (bicyclic) bond motifs is 1. The number of thioether (sulfide) groups is 1. The van der Waals surface area contributed by atoms with Gasteiger partial charge in [-0.15, -0.1) is 0 Å². The lowest BCUT2D eigenvalue weighted by atomic mass is 10.1. The predicted octanol–water partition coefficient (Wildman–Crippen LogP) is 3.91. The van der Waals surface area contributed by atoms with Crippen molar-refractivity contribution in [2.75, 3.05) is 25.7 Å². The molecule has 0 fully saturated rings. The van der Waals surface area contributed by atoms with Gasteiger partial charge in [0.25, 0.3) is 0 Å². The van der Waals surface area contributed by atoms with Crippen LogP contribution in [0.25, 0.3) is 11.0 Å². The van der Waals surface area contributed by atoms with Gasteiger partial charge < -0.3 is 20.4 Å². The van der Waals surface area contributed by atoms with E-state index in [9.17, 15) is 4.79 Å². The predicted molar refractivity (Wildman–Crippen MR) is 115 cm³/mol. The molecule has 0 bridgehead atoms. The minimum Gasteiger partial charge on any atom is -0.497 e. The second kappa shape index (κ2) is 10.0. The fraction of sp³-hybridized carbons (Fsp3) is 0.333. The lowest BCUT2D eigenvalue weighted by molar-refractivity contribution is 0.236. The molecule has 3 rings (SSSR count). The van der Waals surface area contributed by atoms with Crippen LogP contribution in [-0.2, 0) is 6.42 Å². The van der Waals surface area contributed by atoms with Gasteiger partial charge in [-0.1, -0.05) is 24.3 Å². The molecule has 3 N–H and O–H groups in total. The lowest BCUT2D eigenvalue weighted by Gasteiger charge is -2.17. The summed E-state index contributed by atoms with van der Waals surface area (Å²) < 4.78 is 5.16. The van der Waals surface area contributed by atoms with E-state index in [-0.39, 0.29) is 12.1 Å². The van der Waals surface area contributed by atoms with Crippen LogP contribution in [0.2, 0.25) is 0 Å². The standard InChI is InChI=1S/C21H26N4O2S/c1-27-16-9-7-15(8-10-16)11-13-22-21(26)25-19(12-14-28-2)20-23-17-5-3-4-6-18(17)24-20/h3-10,19H,11-14H2,1-2H3,(H,23,24)(H2,22,25,26)/t19-/m0/s1. The van der Waals surface area contributed by atoms with E-state index in [1.807, 2.05) is 48.5 Å². The SMILES string of the molecule is COc1ccc(CCNC(=O)N[C@@H](CCSC)c2nc3ccccc3[nH]2)cc1. The van der Waals surface area contributed by atoms with Crippen molar-refractivity contribution >= 4 is 28.8 Å². The van der Waals surface area contributed by atoms with Gasteiger partial charge in [-0.3, -0.25) is 0 Å². The largest absolute Gasteiger partial charge is 0.497 e. The maximum absolute atomic E-state index is 12.4. The Balaban J connectivity index is 1.56. The third kappa shape index (κ3) is 5.42. The molecular formula is C21H26N4O2S. The number of rotatable bonds is 9. The zero-order chi connectivity index (χ0) is 19.8. The van der Waals surface area contributed by atoms with Gasteiger partial charge in [0.05, 0.1) is 24.2 Å². The Kier molecular flexibility index (Phi) is 7.19. The fourth-order valence-electron chi connectivity index (χ4n) is 2.97. The summed E-state index contributed by atoms with van der Waals surface area (Å²) in [5.74, 6) is 2.56. The molecule has 0 aliphatic carbocycles. The van der Waals surface area contributed by atoms with Crippen molar-refractivity contribution in [1.82, 2.24) is 20.6 Å². The molecule has 0 saturated carbocycles. The minimum atomic E-state index is -0.180. The maximum Gasteiger partial charge on any atom is 0.315 e. The first-order valence-corrected chi connectivity index (χ1v) is 10.7. The third-order valence-corrected chi connectivity index (χ3v) is 5.16. The number of nitrogens with zero attached hydrogens (tertiary/aromatic N) is 1. The Morgan fingerprint density at radius 3 is 2.71 bits per heavy atom. The zero-order valence-corrected chi connectivity index (χ0v) is 17.0. The van der Waals surface area contributed by atoms with Crippen molar-refractivity contribution in [3.05, 3.63) is 59.9 Å². The van der Waals surface area contributed by atoms with Crippen LogP contribution in [0.3, 0.4) is 0 Å². The van der Waals surface area contributed by atoms with E-state index < -0.39 is 0 Å². The summed E-state index contributed by atoms with van der Waals surface area (Å²) in [6, 6.07) is 15.4. The maximum atomic E-state index is 12.4. The van der Waals surface area contributed by atoms with Gasteiger partial charge in [0.1, 0.15) is 11.6 Å². The Labute approximate surface area is 169 Å². The number of H-pyrrole nitrogens is 1. The third-order valence-electron chi connectivity index (χ3n) is 4.51. The van der Waals surface area contributed by atoms with Crippen molar-refractivity contribution in [3.8, 4) is 5.75 Å². The summed E-state index contributed by atoms with van der Waals surface area (Å²) in [4.78, 5) is 20.4. The number of hydrogen-bond acceptors (Lipinski definition) is 4. The van der Waals surface area contributed by atoms with Gasteiger partial charge in [-0.05, 0) is 54.7 Å². The van der Waals surface area contributed by atoms with E-state index in [4.69, 9.17) is 4.74 Å². The molecule has 2 amide bonds. The van der Waals surface area contributed by atoms with Crippen LogP contribution in [0.4, 0.5) is 4.79 Å². The number of urea groups is 1. The quantitative estimate of drug-likeness (QED) is 0.511. The van der Waals surface area contributed by atoms with Gasteiger partial charge >= 0.3 is 6.03 Å². The molecular weight excluding hydrogens is 372 g/mol. The second-order valence-corrected chi connectivity index (χ2v) is 7.46. The Morgan fingerprint density at radius 1 is 1.21 bits per heavy atom. The lowest BCUT2D eigenvalue weighted by Crippen LogP contribution is -2.39. The van der Waals surface area contributed by atoms with Crippen LogP contribution >= 0.6 is 11.8 Å². The van der Waals surface area contributed by atoms with Crippen LogP contribution in [-0.4, -0.2) is 41.7 Å². The number of ether oxygens (including phenoxy) is 1. The molecule has 0 aliphatic heterocycles. The number of imidazole rings is 1. The molecule has 6 nitrogen and oxygen atoms in total. The number of hydrogen-bond donors (Lipinski definition) is 3. The van der Waals surface area contributed by atoms with Gasteiger partial charge in [-0.2, -0.15) is 11.8 Å². The van der Waals surface area contributed by atoms with Crippen molar-refractivity contribution in [2.24, 2.45) is 0 Å². The number of aromatic amines is 1. The molecule has 7 heteroatoms. The first-order valence-electron chi connectivity index (χ1n) is 9.30. The normalized spacial score (nSPS) is 11.9. The molecule has 1 heterocycles. The fourth-order valence-corrected chi connectivity index (χ4v) is 3.44. The molecule has 1 aromatic heterocycles. The first-order chi connectivity index (χ1) is 13.7. The highest BCUT2D eigenvalue weighted by Gasteiger charge is 2.18. The van der Waals surface area contributed by atoms with E-state index in [0.717, 1.165) is 46.8 Å². The highest BCUT2D eigenvalue weighted by molar-refractivity contribution is 7.98. The molecule has 0 unspecified atom stereocenters. The topological polar surface area (TPSA) is 79.0 Å². The minimum absolute atomic E-state index is 0.152. The molecule has 28 heavy (non-hydrogen) atoms. The van der Waals surface area contributed by atoms with Crippen LogP contribution in [0.1, 0.15) is 23.9 Å². The second-order valence-electron chi connectivity index (χ2n) is 6.47. The van der Waals surface area contributed by atoms with Gasteiger partial charge in [0.2, 0.25) is 0 Å². The Morgan fingerprint density at radius 2 is 2.00 bits per heavy atom. The Bertz CT molecular complexity index is 862. The van der Waals surface area contributed by atoms with Gasteiger partial charge in [-0.25, -0.2) is 9.78 Å². The number of benzene rings is 2. The van der Waals surface area contributed by atoms with Crippen LogP contribution in [0.15, 0.2) is 48.5 Å². The summed E-state index contributed by atoms with van der Waals surface area (Å²) in [5, 5.41) is 6.00. The first kappa shape index (κ1) is 20.1. The molecule has 0 radical (unpaired) electrons. The number of carbonyl (C=O) groups is 1. The van der Waals surface area contributed by atoms with Gasteiger partial charge in [0.15, 0.2) is 0 Å². The average Bonchev–Trinajstić information content (AvgIpc) is 3.15. The number of carbonyl (C=O) groups excluding carboxylic acids is 1. The molecule has 3 aromatic rings. The van der Waals surface area contributed by atoms with Crippen molar-refractivity contribution in [2.45, 2.75) is 18.9 Å². The summed E-state index contributed by atoms with van der Waals surface area (Å²) in [7, 11) is 1.65. The molecule has 0 aliphatic rings. The van der Waals surface area contributed by atoms with E-state index in [1.54, 1.807) is 18.9 Å². The number of nitrogens with one attached hydrogen (secondary N) is 3. The number of para-hydroxylation sites is 2. The van der Waals surface area contributed by atoms with Crippen molar-refractivity contribution in [1.29, 1.82) is 0 Å². The van der Waals surface area contributed by atoms with Crippen LogP contribution in [0.5, 0.6) is 5.75 Å². The van der Waals surface area contributed by atoms with E-state index in [1.165, 1.54) is 0 Å². The van der Waals surface area contributed by atoms with E-state index in [0.29, 0.717) is 6.54 Å². The van der Waals surface area contributed by atoms with Crippen molar-refractivity contribution < 1.29 is 9.53 Å². The van der Waals surface area contributed by atoms with E-state index in [2.05, 4.69) is 26.9 Å². The molecule has 0 saturated heterocycles. The highest BCUT2D eigenvalue weighted by atomic mass is 32.2.